The van der Waals surface area contributed by atoms with E-state index in [-0.39, 0.29) is 11.9 Å². The van der Waals surface area contributed by atoms with Crippen LogP contribution in [0, 0.1) is 0 Å². The van der Waals surface area contributed by atoms with Gasteiger partial charge in [0.2, 0.25) is 0 Å². The van der Waals surface area contributed by atoms with E-state index >= 15 is 0 Å². The van der Waals surface area contributed by atoms with E-state index in [1.165, 1.54) is 0 Å². The van der Waals surface area contributed by atoms with Crippen molar-refractivity contribution in [1.82, 2.24) is 6.15 Å². The summed E-state index contributed by atoms with van der Waals surface area (Å²) >= 11 is 0. The van der Waals surface area contributed by atoms with Gasteiger partial charge in [0, 0.05) is 12.8 Å². The summed E-state index contributed by atoms with van der Waals surface area (Å²) in [6, 6.07) is 12.0. The molecule has 0 unspecified atom stereocenters. The molecule has 0 aromatic heterocycles. The molecular formula is C13H19NO. The Hall–Kier alpha value is -1.67. The molecule has 0 fully saturated rings. The fraction of sp³-hybridized carbons (Fsp3) is 0.154. The van der Waals surface area contributed by atoms with Gasteiger partial charge in [-0.15, -0.1) is 13.2 Å². The van der Waals surface area contributed by atoms with Crippen molar-refractivity contribution in [3.05, 3.63) is 61.7 Å². The molecule has 0 saturated heterocycles. The molecule has 0 aliphatic carbocycles. The largest absolute Gasteiger partial charge is 0.344 e. The summed E-state index contributed by atoms with van der Waals surface area (Å²) < 4.78 is 0. The van der Waals surface area contributed by atoms with Crippen LogP contribution in [0.1, 0.15) is 12.8 Å². The predicted molar refractivity (Wildman–Crippen MR) is 66.1 cm³/mol. The lowest BCUT2D eigenvalue weighted by atomic mass is 10.2. The van der Waals surface area contributed by atoms with Crippen molar-refractivity contribution in [3.8, 4) is 0 Å². The summed E-state index contributed by atoms with van der Waals surface area (Å²) in [4.78, 5) is 10.5. The number of ketones is 1. The average Bonchev–Trinajstić information content (AvgIpc) is 2.22. The van der Waals surface area contributed by atoms with Crippen LogP contribution in [0.25, 0.3) is 0 Å². The minimum atomic E-state index is 0. The van der Waals surface area contributed by atoms with Crippen LogP contribution in [0.15, 0.2) is 61.7 Å². The second-order valence-electron chi connectivity index (χ2n) is 2.68. The van der Waals surface area contributed by atoms with Gasteiger partial charge in [0.1, 0.15) is 5.78 Å². The van der Waals surface area contributed by atoms with Crippen molar-refractivity contribution in [2.45, 2.75) is 12.8 Å². The number of hydrogen-bond acceptors (Lipinski definition) is 2. The van der Waals surface area contributed by atoms with Crippen molar-refractivity contribution in [2.75, 3.05) is 0 Å². The quantitative estimate of drug-likeness (QED) is 0.764. The molecule has 1 aromatic rings. The first-order chi connectivity index (χ1) is 6.81. The molecule has 0 radical (unpaired) electrons. The summed E-state index contributed by atoms with van der Waals surface area (Å²) in [5, 5.41) is 0. The fourth-order valence-corrected chi connectivity index (χ4v) is 0.790. The highest BCUT2D eigenvalue weighted by Gasteiger charge is 1.91. The molecular weight excluding hydrogens is 186 g/mol. The second-order valence-corrected chi connectivity index (χ2v) is 2.68. The van der Waals surface area contributed by atoms with Gasteiger partial charge in [-0.2, -0.15) is 0 Å². The fourth-order valence-electron chi connectivity index (χ4n) is 0.790. The second kappa shape index (κ2) is 12.3. The molecule has 0 bridgehead atoms. The third-order valence-corrected chi connectivity index (χ3v) is 1.41. The van der Waals surface area contributed by atoms with Gasteiger partial charge in [-0.25, -0.2) is 0 Å². The van der Waals surface area contributed by atoms with E-state index in [9.17, 15) is 4.79 Å². The Balaban J connectivity index is 0. The Labute approximate surface area is 91.9 Å². The van der Waals surface area contributed by atoms with E-state index in [1.807, 2.05) is 36.4 Å². The van der Waals surface area contributed by atoms with Crippen molar-refractivity contribution < 1.29 is 4.79 Å². The number of allylic oxidation sites excluding steroid dienone is 2. The van der Waals surface area contributed by atoms with E-state index in [0.29, 0.717) is 12.8 Å². The lowest BCUT2D eigenvalue weighted by Crippen LogP contribution is -1.90. The average molecular weight is 205 g/mol. The van der Waals surface area contributed by atoms with Crippen molar-refractivity contribution in [3.63, 3.8) is 0 Å². The van der Waals surface area contributed by atoms with Crippen LogP contribution in [0.2, 0.25) is 0 Å². The minimum Gasteiger partial charge on any atom is -0.344 e. The molecule has 82 valence electrons. The Morgan fingerprint density at radius 1 is 0.867 bits per heavy atom. The van der Waals surface area contributed by atoms with Gasteiger partial charge in [-0.3, -0.25) is 4.79 Å². The molecule has 1 aromatic carbocycles. The van der Waals surface area contributed by atoms with E-state index in [1.54, 1.807) is 12.2 Å². The van der Waals surface area contributed by atoms with Crippen molar-refractivity contribution in [2.24, 2.45) is 0 Å². The third-order valence-electron chi connectivity index (χ3n) is 1.41. The van der Waals surface area contributed by atoms with Gasteiger partial charge in [0.15, 0.2) is 0 Å². The molecule has 0 amide bonds. The maximum atomic E-state index is 10.5. The van der Waals surface area contributed by atoms with Gasteiger partial charge in [0.25, 0.3) is 0 Å². The van der Waals surface area contributed by atoms with E-state index in [4.69, 9.17) is 0 Å². The highest BCUT2D eigenvalue weighted by molar-refractivity contribution is 5.80. The summed E-state index contributed by atoms with van der Waals surface area (Å²) in [5.41, 5.74) is 0. The lowest BCUT2D eigenvalue weighted by Gasteiger charge is -1.85. The summed E-state index contributed by atoms with van der Waals surface area (Å²) in [7, 11) is 0. The van der Waals surface area contributed by atoms with Crippen molar-refractivity contribution in [1.29, 1.82) is 0 Å². The Kier molecular flexibility index (Phi) is 13.0. The highest BCUT2D eigenvalue weighted by atomic mass is 16.1. The predicted octanol–water partition coefficient (Wildman–Crippen LogP) is 3.56. The zero-order valence-corrected chi connectivity index (χ0v) is 9.06. The Bertz CT molecular complexity index is 228. The van der Waals surface area contributed by atoms with Crippen molar-refractivity contribution >= 4 is 5.78 Å². The first-order valence-electron chi connectivity index (χ1n) is 4.54. The third kappa shape index (κ3) is 12.3. The molecule has 1 rings (SSSR count). The molecule has 2 heteroatoms. The number of hydrogen-bond donors (Lipinski definition) is 1. The zero-order valence-electron chi connectivity index (χ0n) is 9.06. The minimum absolute atomic E-state index is 0. The molecule has 3 N–H and O–H groups in total. The normalized spacial score (nSPS) is 7.47. The number of benzene rings is 1. The highest BCUT2D eigenvalue weighted by Crippen LogP contribution is 1.89. The van der Waals surface area contributed by atoms with E-state index in [0.717, 1.165) is 0 Å². The van der Waals surface area contributed by atoms with Crippen LogP contribution in [-0.2, 0) is 4.79 Å². The van der Waals surface area contributed by atoms with E-state index in [2.05, 4.69) is 13.2 Å². The number of carbonyl (C=O) groups is 1. The molecule has 0 atom stereocenters. The molecule has 15 heavy (non-hydrogen) atoms. The van der Waals surface area contributed by atoms with Gasteiger partial charge < -0.3 is 6.15 Å². The van der Waals surface area contributed by atoms with Crippen LogP contribution in [0.5, 0.6) is 0 Å². The first-order valence-corrected chi connectivity index (χ1v) is 4.54. The molecule has 0 heterocycles. The molecule has 0 aliphatic rings. The van der Waals surface area contributed by atoms with Gasteiger partial charge >= 0.3 is 0 Å². The topological polar surface area (TPSA) is 52.1 Å². The van der Waals surface area contributed by atoms with E-state index < -0.39 is 0 Å². The molecule has 0 spiro atoms. The molecule has 0 aliphatic heterocycles. The SMILES string of the molecule is C=CCC(=O)CC=C.N.c1ccccc1. The van der Waals surface area contributed by atoms with Gasteiger partial charge in [0.05, 0.1) is 0 Å². The molecule has 0 saturated carbocycles. The Morgan fingerprint density at radius 3 is 1.33 bits per heavy atom. The number of rotatable bonds is 4. The molecule has 2 nitrogen and oxygen atoms in total. The van der Waals surface area contributed by atoms with Crippen LogP contribution < -0.4 is 6.15 Å². The van der Waals surface area contributed by atoms with Crippen LogP contribution in [-0.4, -0.2) is 5.78 Å². The summed E-state index contributed by atoms with van der Waals surface area (Å²) in [6.45, 7) is 6.86. The monoisotopic (exact) mass is 205 g/mol. The first kappa shape index (κ1) is 15.8. The standard InChI is InChI=1S/C7H10O.C6H6.H3N/c1-3-5-7(8)6-4-2;1-2-4-6-5-3-1;/h3-4H,1-2,5-6H2;1-6H;1H3. The maximum Gasteiger partial charge on any atom is 0.140 e. The van der Waals surface area contributed by atoms with Crippen LogP contribution >= 0.6 is 0 Å². The smallest absolute Gasteiger partial charge is 0.140 e. The maximum absolute atomic E-state index is 10.5. The van der Waals surface area contributed by atoms with Crippen LogP contribution in [0.3, 0.4) is 0 Å². The van der Waals surface area contributed by atoms with Crippen LogP contribution in [0.4, 0.5) is 0 Å². The zero-order chi connectivity index (χ0) is 10.6. The Morgan fingerprint density at radius 2 is 1.13 bits per heavy atom. The lowest BCUT2D eigenvalue weighted by molar-refractivity contribution is -0.117. The summed E-state index contributed by atoms with van der Waals surface area (Å²) in [6.07, 6.45) is 4.13. The van der Waals surface area contributed by atoms with Gasteiger partial charge in [-0.1, -0.05) is 48.6 Å². The number of carbonyl (C=O) groups excluding carboxylic acids is 1. The number of Topliss-reactive ketones (excluding diaryl/α,β-unsaturated/α-hetero) is 1. The summed E-state index contributed by atoms with van der Waals surface area (Å²) in [5.74, 6) is 0.176. The van der Waals surface area contributed by atoms with Gasteiger partial charge in [-0.05, 0) is 0 Å².